The van der Waals surface area contributed by atoms with Gasteiger partial charge in [-0.1, -0.05) is 11.6 Å². The van der Waals surface area contributed by atoms with Crippen molar-refractivity contribution >= 4 is 45.1 Å². The van der Waals surface area contributed by atoms with E-state index in [0.29, 0.717) is 4.47 Å². The van der Waals surface area contributed by atoms with Crippen LogP contribution in [0.15, 0.2) is 16.6 Å². The Hall–Kier alpha value is -1.14. The molecule has 0 unspecified atom stereocenters. The fourth-order valence-electron chi connectivity index (χ4n) is 0.994. The van der Waals surface area contributed by atoms with E-state index in [-0.39, 0.29) is 10.7 Å². The topological polar surface area (TPSA) is 66.4 Å². The number of halogens is 3. The van der Waals surface area contributed by atoms with E-state index >= 15 is 0 Å². The summed E-state index contributed by atoms with van der Waals surface area (Å²) >= 11 is 8.80. The highest BCUT2D eigenvalue weighted by Gasteiger charge is 2.36. The third-order valence-electron chi connectivity index (χ3n) is 2.36. The van der Waals surface area contributed by atoms with Gasteiger partial charge in [0.15, 0.2) is 0 Å². The highest BCUT2D eigenvalue weighted by atomic mass is 79.9. The van der Waals surface area contributed by atoms with Crippen molar-refractivity contribution in [3.8, 4) is 0 Å². The van der Waals surface area contributed by atoms with Crippen LogP contribution >= 0.6 is 27.5 Å². The van der Waals surface area contributed by atoms with Gasteiger partial charge in [0.25, 0.3) is 0 Å². The van der Waals surface area contributed by atoms with Crippen LogP contribution in [0.5, 0.6) is 0 Å². The number of anilines is 1. The first-order chi connectivity index (χ1) is 8.16. The van der Waals surface area contributed by atoms with E-state index in [1.165, 1.54) is 19.9 Å². The van der Waals surface area contributed by atoms with Crippen LogP contribution in [-0.2, 0) is 9.59 Å². The lowest BCUT2D eigenvalue weighted by atomic mass is 9.92. The minimum Gasteiger partial charge on any atom is -0.480 e. The molecule has 0 aromatic heterocycles. The van der Waals surface area contributed by atoms with E-state index in [9.17, 15) is 14.0 Å². The number of carboxylic acids is 1. The van der Waals surface area contributed by atoms with Gasteiger partial charge in [-0.25, -0.2) is 4.39 Å². The number of hydrogen-bond donors (Lipinski definition) is 2. The molecule has 1 aromatic rings. The zero-order valence-corrected chi connectivity index (χ0v) is 11.9. The highest BCUT2D eigenvalue weighted by Crippen LogP contribution is 2.29. The van der Waals surface area contributed by atoms with Crippen molar-refractivity contribution in [3.63, 3.8) is 0 Å². The van der Waals surface area contributed by atoms with Crippen molar-refractivity contribution in [1.29, 1.82) is 0 Å². The van der Waals surface area contributed by atoms with Crippen LogP contribution in [0.2, 0.25) is 5.02 Å². The summed E-state index contributed by atoms with van der Waals surface area (Å²) in [5, 5.41) is 11.3. The Kier molecular flexibility index (Phi) is 4.34. The maximum absolute atomic E-state index is 13.5. The second kappa shape index (κ2) is 5.24. The number of hydrogen-bond acceptors (Lipinski definition) is 2. The minimum atomic E-state index is -1.66. The first kappa shape index (κ1) is 14.9. The van der Waals surface area contributed by atoms with E-state index in [1.807, 2.05) is 0 Å². The molecule has 7 heteroatoms. The van der Waals surface area contributed by atoms with Crippen molar-refractivity contribution in [3.05, 3.63) is 27.4 Å². The van der Waals surface area contributed by atoms with E-state index in [4.69, 9.17) is 16.7 Å². The Morgan fingerprint density at radius 3 is 2.50 bits per heavy atom. The molecule has 0 aliphatic heterocycles. The smallest absolute Gasteiger partial charge is 0.318 e. The number of aliphatic carboxylic acids is 1. The average Bonchev–Trinajstić information content (AvgIpc) is 2.25. The largest absolute Gasteiger partial charge is 0.480 e. The summed E-state index contributed by atoms with van der Waals surface area (Å²) in [7, 11) is 0. The van der Waals surface area contributed by atoms with Crippen molar-refractivity contribution < 1.29 is 19.1 Å². The van der Waals surface area contributed by atoms with Gasteiger partial charge in [0.1, 0.15) is 11.2 Å². The van der Waals surface area contributed by atoms with Gasteiger partial charge in [-0.05, 0) is 41.9 Å². The number of carbonyl (C=O) groups excluding carboxylic acids is 1. The van der Waals surface area contributed by atoms with Crippen LogP contribution in [0.25, 0.3) is 0 Å². The molecule has 18 heavy (non-hydrogen) atoms. The zero-order chi connectivity index (χ0) is 14.1. The van der Waals surface area contributed by atoms with Crippen LogP contribution in [0, 0.1) is 11.2 Å². The molecule has 0 spiro atoms. The summed E-state index contributed by atoms with van der Waals surface area (Å²) in [6.07, 6.45) is 0. The SMILES string of the molecule is CC(C)(C(=O)O)C(=O)Nc1cc(Cl)c(Br)cc1F. The zero-order valence-electron chi connectivity index (χ0n) is 9.55. The quantitative estimate of drug-likeness (QED) is 0.656. The molecule has 0 aliphatic rings. The number of carbonyl (C=O) groups is 2. The Balaban J connectivity index is 3.03. The van der Waals surface area contributed by atoms with Crippen LogP contribution < -0.4 is 5.32 Å². The number of rotatable bonds is 3. The van der Waals surface area contributed by atoms with Gasteiger partial charge in [0.2, 0.25) is 5.91 Å². The van der Waals surface area contributed by atoms with Crippen LogP contribution in [0.1, 0.15) is 13.8 Å². The van der Waals surface area contributed by atoms with Gasteiger partial charge in [0.05, 0.1) is 10.7 Å². The summed E-state index contributed by atoms with van der Waals surface area (Å²) in [6.45, 7) is 2.45. The lowest BCUT2D eigenvalue weighted by Crippen LogP contribution is -2.38. The Morgan fingerprint density at radius 1 is 1.44 bits per heavy atom. The molecule has 2 N–H and O–H groups in total. The van der Waals surface area contributed by atoms with Crippen molar-refractivity contribution in [2.24, 2.45) is 5.41 Å². The van der Waals surface area contributed by atoms with E-state index in [0.717, 1.165) is 6.07 Å². The second-order valence-electron chi connectivity index (χ2n) is 4.13. The predicted octanol–water partition coefficient (Wildman–Crippen LogP) is 3.29. The maximum atomic E-state index is 13.5. The normalized spacial score (nSPS) is 11.2. The third-order valence-corrected chi connectivity index (χ3v) is 3.56. The third kappa shape index (κ3) is 3.00. The molecular weight excluding hydrogens is 328 g/mol. The lowest BCUT2D eigenvalue weighted by Gasteiger charge is -2.18. The average molecular weight is 339 g/mol. The molecule has 0 heterocycles. The molecule has 0 saturated carbocycles. The van der Waals surface area contributed by atoms with E-state index in [1.54, 1.807) is 0 Å². The fourth-order valence-corrected chi connectivity index (χ4v) is 1.47. The standard InChI is InChI=1S/C11H10BrClFNO3/c1-11(2,10(17)18)9(16)15-8-4-6(13)5(12)3-7(8)14/h3-4H,1-2H3,(H,15,16)(H,17,18). The molecule has 4 nitrogen and oxygen atoms in total. The number of carboxylic acid groups (broad SMARTS) is 1. The monoisotopic (exact) mass is 337 g/mol. The van der Waals surface area contributed by atoms with Gasteiger partial charge in [-0.2, -0.15) is 0 Å². The van der Waals surface area contributed by atoms with Crippen molar-refractivity contribution in [2.75, 3.05) is 5.32 Å². The number of benzene rings is 1. The van der Waals surface area contributed by atoms with Crippen LogP contribution in [0.3, 0.4) is 0 Å². The molecule has 1 amide bonds. The minimum absolute atomic E-state index is 0.164. The second-order valence-corrected chi connectivity index (χ2v) is 5.39. The van der Waals surface area contributed by atoms with Crippen LogP contribution in [0.4, 0.5) is 10.1 Å². The predicted molar refractivity (Wildman–Crippen MR) is 69.2 cm³/mol. The number of nitrogens with one attached hydrogen (secondary N) is 1. The molecule has 1 rings (SSSR count). The van der Waals surface area contributed by atoms with Crippen molar-refractivity contribution in [2.45, 2.75) is 13.8 Å². The molecule has 0 fully saturated rings. The summed E-state index contributed by atoms with van der Waals surface area (Å²) < 4.78 is 13.9. The molecule has 1 aromatic carbocycles. The summed E-state index contributed by atoms with van der Waals surface area (Å²) in [5.74, 6) is -2.84. The Morgan fingerprint density at radius 2 is 2.00 bits per heavy atom. The van der Waals surface area contributed by atoms with Gasteiger partial charge in [0, 0.05) is 4.47 Å². The molecule has 0 bridgehead atoms. The lowest BCUT2D eigenvalue weighted by molar-refractivity contribution is -0.151. The summed E-state index contributed by atoms with van der Waals surface area (Å²) in [6, 6.07) is 2.29. The molecule has 0 radical (unpaired) electrons. The number of amides is 1. The van der Waals surface area contributed by atoms with Gasteiger partial charge in [-0.15, -0.1) is 0 Å². The molecular formula is C11H10BrClFNO3. The summed E-state index contributed by atoms with van der Waals surface area (Å²) in [4.78, 5) is 22.6. The van der Waals surface area contributed by atoms with Gasteiger partial charge in [-0.3, -0.25) is 9.59 Å². The molecule has 0 aliphatic carbocycles. The molecule has 0 atom stereocenters. The highest BCUT2D eigenvalue weighted by molar-refractivity contribution is 9.10. The van der Waals surface area contributed by atoms with Gasteiger partial charge < -0.3 is 10.4 Å². The Bertz CT molecular complexity index is 519. The first-order valence-corrected chi connectivity index (χ1v) is 6.02. The van der Waals surface area contributed by atoms with Crippen molar-refractivity contribution in [1.82, 2.24) is 0 Å². The molecule has 0 saturated heterocycles. The molecule has 98 valence electrons. The van der Waals surface area contributed by atoms with Crippen LogP contribution in [-0.4, -0.2) is 17.0 Å². The summed E-state index contributed by atoms with van der Waals surface area (Å²) in [5.41, 5.74) is -1.83. The van der Waals surface area contributed by atoms with E-state index in [2.05, 4.69) is 21.2 Å². The van der Waals surface area contributed by atoms with Gasteiger partial charge >= 0.3 is 5.97 Å². The fraction of sp³-hybridized carbons (Fsp3) is 0.273. The van der Waals surface area contributed by atoms with E-state index < -0.39 is 23.1 Å². The first-order valence-electron chi connectivity index (χ1n) is 4.85. The Labute approximate surface area is 116 Å². The maximum Gasteiger partial charge on any atom is 0.318 e.